The number of carboxylic acids is 1. The van der Waals surface area contributed by atoms with Crippen molar-refractivity contribution in [2.45, 2.75) is 40.5 Å². The molecule has 6 heteroatoms. The van der Waals surface area contributed by atoms with Gasteiger partial charge in [-0.25, -0.2) is 4.98 Å². The molecule has 2 aromatic heterocycles. The van der Waals surface area contributed by atoms with Crippen LogP contribution in [0.4, 0.5) is 11.5 Å². The Labute approximate surface area is 177 Å². The molecule has 0 spiro atoms. The number of pyridine rings is 2. The minimum absolute atomic E-state index is 0.439. The molecule has 0 atom stereocenters. The van der Waals surface area contributed by atoms with Crippen molar-refractivity contribution in [3.63, 3.8) is 0 Å². The summed E-state index contributed by atoms with van der Waals surface area (Å²) in [4.78, 5) is 20.3. The van der Waals surface area contributed by atoms with Gasteiger partial charge in [0.1, 0.15) is 17.3 Å². The minimum Gasteiger partial charge on any atom is -0.481 e. The zero-order chi connectivity index (χ0) is 21.7. The molecule has 0 saturated heterocycles. The maximum Gasteiger partial charge on any atom is 0.309 e. The number of hydrogen-bond donors (Lipinski definition) is 2. The van der Waals surface area contributed by atoms with E-state index >= 15 is 0 Å². The number of carboxylic acid groups (broad SMARTS) is 1. The SMILES string of the molecule is CCc1ccc(Oc2ccnc(Nc3cccc(CC(C)(C)C(=O)O)c3)c2)c(C)n1. The van der Waals surface area contributed by atoms with E-state index in [1.165, 1.54) is 0 Å². The van der Waals surface area contributed by atoms with Crippen molar-refractivity contribution in [1.29, 1.82) is 0 Å². The van der Waals surface area contributed by atoms with E-state index in [0.29, 0.717) is 23.7 Å². The molecule has 0 bridgehead atoms. The first-order valence-corrected chi connectivity index (χ1v) is 9.96. The van der Waals surface area contributed by atoms with Crippen molar-refractivity contribution in [3.05, 3.63) is 71.7 Å². The van der Waals surface area contributed by atoms with E-state index < -0.39 is 11.4 Å². The molecule has 156 valence electrons. The van der Waals surface area contributed by atoms with Gasteiger partial charge >= 0.3 is 5.97 Å². The maximum atomic E-state index is 11.4. The molecule has 0 aliphatic carbocycles. The topological polar surface area (TPSA) is 84.3 Å². The number of aliphatic carboxylic acids is 1. The molecule has 30 heavy (non-hydrogen) atoms. The number of ether oxygens (including phenoxy) is 1. The zero-order valence-corrected chi connectivity index (χ0v) is 17.8. The van der Waals surface area contributed by atoms with Crippen LogP contribution in [0.1, 0.15) is 37.7 Å². The molecule has 0 fully saturated rings. The standard InChI is InChI=1S/C24H27N3O3/c1-5-18-9-10-21(16(2)26-18)30-20-11-12-25-22(14-20)27-19-8-6-7-17(13-19)15-24(3,4)23(28)29/h6-14H,5,15H2,1-4H3,(H,25,27)(H,28,29). The zero-order valence-electron chi connectivity index (χ0n) is 17.8. The molecule has 0 aliphatic rings. The molecule has 6 nitrogen and oxygen atoms in total. The summed E-state index contributed by atoms with van der Waals surface area (Å²) in [6.45, 7) is 7.45. The molecule has 0 radical (unpaired) electrons. The molecular weight excluding hydrogens is 378 g/mol. The normalized spacial score (nSPS) is 11.2. The lowest BCUT2D eigenvalue weighted by molar-refractivity contribution is -0.146. The Hall–Kier alpha value is -3.41. The Bertz CT molecular complexity index is 1050. The molecule has 2 heterocycles. The Balaban J connectivity index is 1.74. The van der Waals surface area contributed by atoms with Crippen LogP contribution in [0, 0.1) is 12.3 Å². The van der Waals surface area contributed by atoms with E-state index in [0.717, 1.165) is 29.1 Å². The van der Waals surface area contributed by atoms with Crippen molar-refractivity contribution in [1.82, 2.24) is 9.97 Å². The van der Waals surface area contributed by atoms with Gasteiger partial charge in [0.05, 0.1) is 11.1 Å². The van der Waals surface area contributed by atoms with E-state index in [1.54, 1.807) is 26.1 Å². The number of nitrogens with zero attached hydrogens (tertiary/aromatic N) is 2. The summed E-state index contributed by atoms with van der Waals surface area (Å²) < 4.78 is 6.00. The van der Waals surface area contributed by atoms with Gasteiger partial charge in [0.2, 0.25) is 0 Å². The fourth-order valence-electron chi connectivity index (χ4n) is 3.07. The van der Waals surface area contributed by atoms with Gasteiger partial charge in [0.25, 0.3) is 0 Å². The van der Waals surface area contributed by atoms with Crippen molar-refractivity contribution in [2.75, 3.05) is 5.32 Å². The van der Waals surface area contributed by atoms with E-state index in [-0.39, 0.29) is 0 Å². The van der Waals surface area contributed by atoms with Crippen molar-refractivity contribution in [3.8, 4) is 11.5 Å². The number of carbonyl (C=O) groups is 1. The third-order valence-electron chi connectivity index (χ3n) is 4.84. The molecule has 3 aromatic rings. The van der Waals surface area contributed by atoms with Crippen LogP contribution in [0.3, 0.4) is 0 Å². The van der Waals surface area contributed by atoms with Gasteiger partial charge in [-0.1, -0.05) is 19.1 Å². The smallest absolute Gasteiger partial charge is 0.309 e. The van der Waals surface area contributed by atoms with Crippen LogP contribution in [-0.4, -0.2) is 21.0 Å². The number of benzene rings is 1. The van der Waals surface area contributed by atoms with Crippen LogP contribution in [-0.2, 0) is 17.6 Å². The fraction of sp³-hybridized carbons (Fsp3) is 0.292. The van der Waals surface area contributed by atoms with Gasteiger partial charge in [-0.05, 0) is 69.5 Å². The highest BCUT2D eigenvalue weighted by Gasteiger charge is 2.27. The van der Waals surface area contributed by atoms with Gasteiger partial charge in [-0.3, -0.25) is 9.78 Å². The Morgan fingerprint density at radius 1 is 1.17 bits per heavy atom. The highest BCUT2D eigenvalue weighted by atomic mass is 16.5. The highest BCUT2D eigenvalue weighted by Crippen LogP contribution is 2.28. The molecule has 2 N–H and O–H groups in total. The molecular formula is C24H27N3O3. The average molecular weight is 405 g/mol. The lowest BCUT2D eigenvalue weighted by Gasteiger charge is -2.19. The molecule has 0 amide bonds. The van der Waals surface area contributed by atoms with E-state index in [4.69, 9.17) is 4.74 Å². The van der Waals surface area contributed by atoms with Crippen molar-refractivity contribution < 1.29 is 14.6 Å². The summed E-state index contributed by atoms with van der Waals surface area (Å²) in [5.41, 5.74) is 2.82. The number of rotatable bonds is 8. The lowest BCUT2D eigenvalue weighted by atomic mass is 9.86. The number of aromatic nitrogens is 2. The summed E-state index contributed by atoms with van der Waals surface area (Å²) in [6.07, 6.45) is 3.00. The summed E-state index contributed by atoms with van der Waals surface area (Å²) in [6, 6.07) is 15.2. The van der Waals surface area contributed by atoms with Crippen LogP contribution >= 0.6 is 0 Å². The third-order valence-corrected chi connectivity index (χ3v) is 4.84. The van der Waals surface area contributed by atoms with Gasteiger partial charge in [0.15, 0.2) is 0 Å². The van der Waals surface area contributed by atoms with E-state index in [2.05, 4.69) is 22.2 Å². The van der Waals surface area contributed by atoms with Crippen LogP contribution in [0.5, 0.6) is 11.5 Å². The molecule has 0 unspecified atom stereocenters. The average Bonchev–Trinajstić information content (AvgIpc) is 2.69. The van der Waals surface area contributed by atoms with Crippen LogP contribution in [0.2, 0.25) is 0 Å². The van der Waals surface area contributed by atoms with E-state index in [9.17, 15) is 9.90 Å². The van der Waals surface area contributed by atoms with Crippen LogP contribution in [0.25, 0.3) is 0 Å². The summed E-state index contributed by atoms with van der Waals surface area (Å²) in [7, 11) is 0. The summed E-state index contributed by atoms with van der Waals surface area (Å²) >= 11 is 0. The minimum atomic E-state index is -0.830. The Kier molecular flexibility index (Phi) is 6.35. The van der Waals surface area contributed by atoms with Gasteiger partial charge in [-0.15, -0.1) is 0 Å². The number of aryl methyl sites for hydroxylation is 2. The van der Waals surface area contributed by atoms with Crippen molar-refractivity contribution in [2.24, 2.45) is 5.41 Å². The fourth-order valence-corrected chi connectivity index (χ4v) is 3.07. The van der Waals surface area contributed by atoms with Crippen LogP contribution in [0.15, 0.2) is 54.7 Å². The Morgan fingerprint density at radius 3 is 2.67 bits per heavy atom. The second-order valence-corrected chi connectivity index (χ2v) is 7.91. The van der Waals surface area contributed by atoms with E-state index in [1.807, 2.05) is 49.4 Å². The molecule has 0 saturated carbocycles. The molecule has 1 aromatic carbocycles. The summed E-state index contributed by atoms with van der Waals surface area (Å²) in [5.74, 6) is 1.19. The van der Waals surface area contributed by atoms with Crippen LogP contribution < -0.4 is 10.1 Å². The number of hydrogen-bond acceptors (Lipinski definition) is 5. The maximum absolute atomic E-state index is 11.4. The van der Waals surface area contributed by atoms with Gasteiger partial charge in [-0.2, -0.15) is 0 Å². The Morgan fingerprint density at radius 2 is 1.97 bits per heavy atom. The predicted molar refractivity (Wildman–Crippen MR) is 118 cm³/mol. The third kappa shape index (κ3) is 5.35. The monoisotopic (exact) mass is 405 g/mol. The highest BCUT2D eigenvalue weighted by molar-refractivity contribution is 5.74. The van der Waals surface area contributed by atoms with Crippen molar-refractivity contribution >= 4 is 17.5 Å². The molecule has 3 rings (SSSR count). The van der Waals surface area contributed by atoms with Gasteiger partial charge in [0, 0.05) is 23.6 Å². The lowest BCUT2D eigenvalue weighted by Crippen LogP contribution is -2.26. The largest absolute Gasteiger partial charge is 0.481 e. The second-order valence-electron chi connectivity index (χ2n) is 7.91. The number of nitrogens with one attached hydrogen (secondary N) is 1. The predicted octanol–water partition coefficient (Wildman–Crippen LogP) is 5.54. The van der Waals surface area contributed by atoms with Gasteiger partial charge < -0.3 is 15.2 Å². The first-order chi connectivity index (χ1) is 14.3. The number of anilines is 2. The second kappa shape index (κ2) is 8.95. The quantitative estimate of drug-likeness (QED) is 0.512. The first-order valence-electron chi connectivity index (χ1n) is 9.96. The summed E-state index contributed by atoms with van der Waals surface area (Å²) in [5, 5.41) is 12.6. The first kappa shape index (κ1) is 21.3. The molecule has 0 aliphatic heterocycles.